The van der Waals surface area contributed by atoms with Gasteiger partial charge >= 0.3 is 0 Å². The Bertz CT molecular complexity index is 977. The summed E-state index contributed by atoms with van der Waals surface area (Å²) < 4.78 is 46.1. The second-order valence-electron chi connectivity index (χ2n) is 6.17. The Morgan fingerprint density at radius 2 is 2.04 bits per heavy atom. The van der Waals surface area contributed by atoms with Crippen LogP contribution in [-0.2, 0) is 10.3 Å². The number of hydrogen-bond donors (Lipinski definition) is 2. The first kappa shape index (κ1) is 18.4. The van der Waals surface area contributed by atoms with E-state index < -0.39 is 34.6 Å². The third kappa shape index (κ3) is 3.76. The molecule has 1 amide bonds. The van der Waals surface area contributed by atoms with Gasteiger partial charge in [-0.25, -0.2) is 23.1 Å². The monoisotopic (exact) mass is 376 g/mol. The molecule has 0 saturated heterocycles. The van der Waals surface area contributed by atoms with Crippen LogP contribution in [0.3, 0.4) is 0 Å². The zero-order chi connectivity index (χ0) is 19.8. The van der Waals surface area contributed by atoms with Crippen molar-refractivity contribution in [3.63, 3.8) is 0 Å². The molecule has 0 radical (unpaired) electrons. The van der Waals surface area contributed by atoms with Gasteiger partial charge in [0.05, 0.1) is 11.7 Å². The van der Waals surface area contributed by atoms with Crippen molar-refractivity contribution in [3.05, 3.63) is 71.5 Å². The first-order valence-electron chi connectivity index (χ1n) is 7.81. The fraction of sp³-hybridized carbons (Fsp3) is 0.167. The van der Waals surface area contributed by atoms with Crippen LogP contribution in [0.5, 0.6) is 0 Å². The molecule has 1 aliphatic rings. The number of rotatable bonds is 3. The van der Waals surface area contributed by atoms with Gasteiger partial charge in [0.25, 0.3) is 11.9 Å². The number of aliphatic imine (C=N–C) groups is 1. The number of hydrogen-bond acceptors (Lipinski definition) is 5. The van der Waals surface area contributed by atoms with Crippen molar-refractivity contribution >= 4 is 17.6 Å². The zero-order valence-electron chi connectivity index (χ0n) is 14.2. The second-order valence-corrected chi connectivity index (χ2v) is 6.17. The summed E-state index contributed by atoms with van der Waals surface area (Å²) in [6.07, 6.45) is 0.899. The number of nitrogens with one attached hydrogen (secondary N) is 1. The van der Waals surface area contributed by atoms with E-state index in [-0.39, 0.29) is 23.7 Å². The van der Waals surface area contributed by atoms with E-state index in [2.05, 4.69) is 21.9 Å². The highest BCUT2D eigenvalue weighted by Gasteiger charge is 2.35. The highest BCUT2D eigenvalue weighted by molar-refractivity contribution is 6.03. The van der Waals surface area contributed by atoms with Crippen LogP contribution in [-0.4, -0.2) is 16.9 Å². The van der Waals surface area contributed by atoms with Crippen LogP contribution < -0.4 is 11.1 Å². The molecule has 0 spiro atoms. The maximum atomic E-state index is 14.4. The number of carbonyl (C=O) groups excluding carboxylic acids is 1. The number of benzene rings is 1. The fourth-order valence-electron chi connectivity index (χ4n) is 2.82. The maximum Gasteiger partial charge on any atom is 0.288 e. The highest BCUT2D eigenvalue weighted by atomic mass is 19.1. The normalized spacial score (nSPS) is 19.3. The third-order valence-electron chi connectivity index (χ3n) is 3.97. The van der Waals surface area contributed by atoms with Crippen molar-refractivity contribution < 1.29 is 22.7 Å². The molecule has 0 fully saturated rings. The highest BCUT2D eigenvalue weighted by Crippen LogP contribution is 2.37. The molecule has 0 aliphatic carbocycles. The van der Waals surface area contributed by atoms with Crippen LogP contribution >= 0.6 is 0 Å². The summed E-state index contributed by atoms with van der Waals surface area (Å²) in [5, 5.41) is 2.40. The van der Waals surface area contributed by atoms with E-state index in [0.717, 1.165) is 12.3 Å². The number of amidine groups is 1. The van der Waals surface area contributed by atoms with E-state index in [0.29, 0.717) is 11.8 Å². The Kier molecular flexibility index (Phi) is 4.61. The smallest absolute Gasteiger partial charge is 0.288 e. The quantitative estimate of drug-likeness (QED) is 0.861. The van der Waals surface area contributed by atoms with Crippen molar-refractivity contribution in [3.8, 4) is 0 Å². The van der Waals surface area contributed by atoms with E-state index in [1.165, 1.54) is 12.1 Å². The fourth-order valence-corrected chi connectivity index (χ4v) is 2.82. The number of ether oxygens (including phenoxy) is 1. The number of aromatic nitrogens is 1. The SMILES string of the molecule is C=C1C[C@@](C)(c2cc(NC(=O)c3ncc(F)cc3F)ccc2F)N=C(N)O1. The first-order chi connectivity index (χ1) is 12.7. The molecule has 1 aromatic carbocycles. The van der Waals surface area contributed by atoms with Gasteiger partial charge in [0, 0.05) is 23.7 Å². The molecule has 2 heterocycles. The lowest BCUT2D eigenvalue weighted by Crippen LogP contribution is -2.33. The number of anilines is 1. The maximum absolute atomic E-state index is 14.4. The molecule has 1 aromatic heterocycles. The van der Waals surface area contributed by atoms with E-state index >= 15 is 0 Å². The Hall–Kier alpha value is -3.36. The molecule has 2 aromatic rings. The number of amides is 1. The number of nitrogens with two attached hydrogens (primary N) is 1. The molecule has 1 aliphatic heterocycles. The standard InChI is InChI=1S/C18H15F3N4O2/c1-9-7-18(2,25-17(22)27-9)12-6-11(3-4-13(12)20)24-16(26)15-14(21)5-10(19)8-23-15/h3-6,8H,1,7H2,2H3,(H2,22,25)(H,24,26)/t18-/m0/s1. The van der Waals surface area contributed by atoms with E-state index in [1.54, 1.807) is 6.92 Å². The molecule has 0 saturated carbocycles. The summed E-state index contributed by atoms with van der Waals surface area (Å²) in [4.78, 5) is 19.8. The van der Waals surface area contributed by atoms with Gasteiger partial charge in [0.15, 0.2) is 11.5 Å². The third-order valence-corrected chi connectivity index (χ3v) is 3.97. The van der Waals surface area contributed by atoms with Crippen molar-refractivity contribution in [1.29, 1.82) is 0 Å². The topological polar surface area (TPSA) is 89.6 Å². The van der Waals surface area contributed by atoms with Gasteiger partial charge in [-0.2, -0.15) is 0 Å². The Morgan fingerprint density at radius 3 is 2.70 bits per heavy atom. The van der Waals surface area contributed by atoms with Crippen LogP contribution in [0.4, 0.5) is 18.9 Å². The Balaban J connectivity index is 1.93. The van der Waals surface area contributed by atoms with E-state index in [4.69, 9.17) is 10.5 Å². The summed E-state index contributed by atoms with van der Waals surface area (Å²) in [5.74, 6) is -3.19. The van der Waals surface area contributed by atoms with Crippen molar-refractivity contribution in [1.82, 2.24) is 4.98 Å². The van der Waals surface area contributed by atoms with E-state index in [9.17, 15) is 18.0 Å². The lowest BCUT2D eigenvalue weighted by Gasteiger charge is -2.31. The second kappa shape index (κ2) is 6.75. The summed E-state index contributed by atoms with van der Waals surface area (Å²) >= 11 is 0. The minimum Gasteiger partial charge on any atom is -0.431 e. The van der Waals surface area contributed by atoms with Crippen LogP contribution in [0.2, 0.25) is 0 Å². The molecular formula is C18H15F3N4O2. The molecule has 27 heavy (non-hydrogen) atoms. The van der Waals surface area contributed by atoms with Crippen molar-refractivity contribution in [2.24, 2.45) is 10.7 Å². The van der Waals surface area contributed by atoms with Gasteiger partial charge in [-0.05, 0) is 25.1 Å². The minimum absolute atomic E-state index is 0.139. The summed E-state index contributed by atoms with van der Waals surface area (Å²) in [7, 11) is 0. The lowest BCUT2D eigenvalue weighted by molar-refractivity contribution is 0.101. The van der Waals surface area contributed by atoms with Crippen molar-refractivity contribution in [2.75, 3.05) is 5.32 Å². The molecular weight excluding hydrogens is 361 g/mol. The van der Waals surface area contributed by atoms with Gasteiger partial charge in [0.2, 0.25) is 0 Å². The van der Waals surface area contributed by atoms with Crippen LogP contribution in [0.1, 0.15) is 29.4 Å². The molecule has 3 N–H and O–H groups in total. The minimum atomic E-state index is -1.11. The average molecular weight is 376 g/mol. The van der Waals surface area contributed by atoms with Crippen molar-refractivity contribution in [2.45, 2.75) is 18.9 Å². The first-order valence-corrected chi connectivity index (χ1v) is 7.81. The van der Waals surface area contributed by atoms with E-state index in [1.807, 2.05) is 0 Å². The number of halogens is 3. The van der Waals surface area contributed by atoms with Gasteiger partial charge in [-0.15, -0.1) is 0 Å². The number of pyridine rings is 1. The van der Waals surface area contributed by atoms with Gasteiger partial charge in [0.1, 0.15) is 17.4 Å². The lowest BCUT2D eigenvalue weighted by atomic mass is 9.87. The summed E-state index contributed by atoms with van der Waals surface area (Å²) in [6, 6.07) is 4.17. The molecule has 3 rings (SSSR count). The summed E-state index contributed by atoms with van der Waals surface area (Å²) in [5.41, 5.74) is 4.24. The van der Waals surface area contributed by atoms with Gasteiger partial charge < -0.3 is 15.8 Å². The van der Waals surface area contributed by atoms with Crippen LogP contribution in [0.15, 0.2) is 47.8 Å². The molecule has 140 valence electrons. The van der Waals surface area contributed by atoms with Gasteiger partial charge in [-0.1, -0.05) is 6.58 Å². The molecule has 1 atom stereocenters. The molecule has 0 unspecified atom stereocenters. The molecule has 9 heteroatoms. The Labute approximate surface area is 152 Å². The predicted octanol–water partition coefficient (Wildman–Crippen LogP) is 3.22. The average Bonchev–Trinajstić information content (AvgIpc) is 2.55. The predicted molar refractivity (Wildman–Crippen MR) is 92.3 cm³/mol. The number of carbonyl (C=O) groups is 1. The number of nitrogens with zero attached hydrogens (tertiary/aromatic N) is 2. The van der Waals surface area contributed by atoms with Crippen LogP contribution in [0.25, 0.3) is 0 Å². The Morgan fingerprint density at radius 1 is 1.30 bits per heavy atom. The molecule has 6 nitrogen and oxygen atoms in total. The summed E-state index contributed by atoms with van der Waals surface area (Å²) in [6.45, 7) is 5.32. The largest absolute Gasteiger partial charge is 0.431 e. The zero-order valence-corrected chi connectivity index (χ0v) is 14.2. The molecule has 0 bridgehead atoms. The van der Waals surface area contributed by atoms with Crippen LogP contribution in [0, 0.1) is 17.5 Å². The van der Waals surface area contributed by atoms with Gasteiger partial charge in [-0.3, -0.25) is 4.79 Å².